The number of nitro benzene ring substituents is 1. The van der Waals surface area contributed by atoms with Gasteiger partial charge in [-0.25, -0.2) is 0 Å². The molecule has 0 unspecified atom stereocenters. The smallest absolute Gasteiger partial charge is 0.269 e. The molecular formula is C14H17NO4. The maximum absolute atomic E-state index is 11.9. The van der Waals surface area contributed by atoms with Crippen molar-refractivity contribution in [1.29, 1.82) is 0 Å². The van der Waals surface area contributed by atoms with Crippen molar-refractivity contribution in [3.8, 4) is 5.75 Å². The SMILES string of the molecule is Cc1cc([N+](=O)[O-])ccc1OCC(=O)C1CCCC1. The second-order valence-corrected chi connectivity index (χ2v) is 4.94. The summed E-state index contributed by atoms with van der Waals surface area (Å²) in [5.41, 5.74) is 0.709. The Morgan fingerprint density at radius 3 is 2.68 bits per heavy atom. The van der Waals surface area contributed by atoms with E-state index in [1.165, 1.54) is 12.1 Å². The molecule has 1 aliphatic carbocycles. The zero-order valence-corrected chi connectivity index (χ0v) is 10.9. The van der Waals surface area contributed by atoms with E-state index < -0.39 is 4.92 Å². The summed E-state index contributed by atoms with van der Waals surface area (Å²) in [6.45, 7) is 1.80. The number of Topliss-reactive ketones (excluding diaryl/α,β-unsaturated/α-hetero) is 1. The normalized spacial score (nSPS) is 15.4. The molecule has 0 bridgehead atoms. The van der Waals surface area contributed by atoms with Gasteiger partial charge >= 0.3 is 0 Å². The number of nitrogens with zero attached hydrogens (tertiary/aromatic N) is 1. The predicted molar refractivity (Wildman–Crippen MR) is 70.3 cm³/mol. The molecule has 0 aliphatic heterocycles. The molecule has 0 amide bonds. The highest BCUT2D eigenvalue weighted by Gasteiger charge is 2.23. The van der Waals surface area contributed by atoms with Crippen molar-refractivity contribution in [3.05, 3.63) is 33.9 Å². The van der Waals surface area contributed by atoms with Gasteiger partial charge in [0.25, 0.3) is 5.69 Å². The molecule has 1 aliphatic rings. The standard InChI is InChI=1S/C14H17NO4/c1-10-8-12(15(17)18)6-7-14(10)19-9-13(16)11-4-2-3-5-11/h6-8,11H,2-5,9H2,1H3. The first-order valence-electron chi connectivity index (χ1n) is 6.48. The Morgan fingerprint density at radius 2 is 2.11 bits per heavy atom. The van der Waals surface area contributed by atoms with Crippen molar-refractivity contribution < 1.29 is 14.5 Å². The number of rotatable bonds is 5. The highest BCUT2D eigenvalue weighted by atomic mass is 16.6. The largest absolute Gasteiger partial charge is 0.486 e. The molecule has 0 saturated heterocycles. The zero-order valence-electron chi connectivity index (χ0n) is 10.9. The molecule has 0 N–H and O–H groups in total. The number of nitro groups is 1. The highest BCUT2D eigenvalue weighted by molar-refractivity contribution is 5.82. The summed E-state index contributed by atoms with van der Waals surface area (Å²) >= 11 is 0. The second kappa shape index (κ2) is 5.82. The molecule has 0 aromatic heterocycles. The summed E-state index contributed by atoms with van der Waals surface area (Å²) in [4.78, 5) is 22.0. The summed E-state index contributed by atoms with van der Waals surface area (Å²) in [7, 11) is 0. The number of hydrogen-bond donors (Lipinski definition) is 0. The van der Waals surface area contributed by atoms with E-state index >= 15 is 0 Å². The van der Waals surface area contributed by atoms with Crippen LogP contribution >= 0.6 is 0 Å². The van der Waals surface area contributed by atoms with Gasteiger partial charge in [-0.1, -0.05) is 12.8 Å². The highest BCUT2D eigenvalue weighted by Crippen LogP contribution is 2.27. The van der Waals surface area contributed by atoms with Crippen LogP contribution in [0.4, 0.5) is 5.69 Å². The molecule has 1 saturated carbocycles. The van der Waals surface area contributed by atoms with Gasteiger partial charge < -0.3 is 4.74 Å². The molecule has 0 spiro atoms. The van der Waals surface area contributed by atoms with Crippen LogP contribution in [-0.4, -0.2) is 17.3 Å². The third-order valence-electron chi connectivity index (χ3n) is 3.55. The van der Waals surface area contributed by atoms with E-state index in [-0.39, 0.29) is 24.0 Å². The van der Waals surface area contributed by atoms with E-state index in [9.17, 15) is 14.9 Å². The molecular weight excluding hydrogens is 246 g/mol. The molecule has 0 heterocycles. The maximum atomic E-state index is 11.9. The van der Waals surface area contributed by atoms with E-state index in [2.05, 4.69) is 0 Å². The van der Waals surface area contributed by atoms with Crippen molar-refractivity contribution in [2.24, 2.45) is 5.92 Å². The van der Waals surface area contributed by atoms with Gasteiger partial charge in [0.2, 0.25) is 0 Å². The number of carbonyl (C=O) groups is 1. The van der Waals surface area contributed by atoms with Crippen LogP contribution in [0, 0.1) is 23.0 Å². The summed E-state index contributed by atoms with van der Waals surface area (Å²) in [6.07, 6.45) is 4.16. The van der Waals surface area contributed by atoms with Crippen LogP contribution in [0.15, 0.2) is 18.2 Å². The first kappa shape index (κ1) is 13.5. The lowest BCUT2D eigenvalue weighted by molar-refractivity contribution is -0.384. The van der Waals surface area contributed by atoms with Crippen LogP contribution in [-0.2, 0) is 4.79 Å². The van der Waals surface area contributed by atoms with Crippen molar-refractivity contribution in [2.45, 2.75) is 32.6 Å². The fourth-order valence-electron chi connectivity index (χ4n) is 2.42. The Morgan fingerprint density at radius 1 is 1.42 bits per heavy atom. The minimum atomic E-state index is -0.444. The topological polar surface area (TPSA) is 69.4 Å². The molecule has 0 atom stereocenters. The minimum Gasteiger partial charge on any atom is -0.486 e. The summed E-state index contributed by atoms with van der Waals surface area (Å²) in [6, 6.07) is 4.40. The lowest BCUT2D eigenvalue weighted by Gasteiger charge is -2.11. The van der Waals surface area contributed by atoms with Crippen LogP contribution in [0.25, 0.3) is 0 Å². The molecule has 0 radical (unpaired) electrons. The Labute approximate surface area is 111 Å². The first-order chi connectivity index (χ1) is 9.08. The van der Waals surface area contributed by atoms with Gasteiger partial charge in [0.15, 0.2) is 5.78 Å². The number of hydrogen-bond acceptors (Lipinski definition) is 4. The summed E-state index contributed by atoms with van der Waals surface area (Å²) < 4.78 is 5.47. The Kier molecular flexibility index (Phi) is 4.14. The van der Waals surface area contributed by atoms with Gasteiger partial charge in [-0.3, -0.25) is 14.9 Å². The monoisotopic (exact) mass is 263 g/mol. The number of ether oxygens (including phenoxy) is 1. The molecule has 102 valence electrons. The zero-order chi connectivity index (χ0) is 13.8. The van der Waals surface area contributed by atoms with Crippen molar-refractivity contribution >= 4 is 11.5 Å². The summed E-state index contributed by atoms with van der Waals surface area (Å²) in [5.74, 6) is 0.811. The Hall–Kier alpha value is -1.91. The van der Waals surface area contributed by atoms with E-state index in [0.717, 1.165) is 25.7 Å². The van der Waals surface area contributed by atoms with Crippen molar-refractivity contribution in [2.75, 3.05) is 6.61 Å². The van der Waals surface area contributed by atoms with E-state index in [0.29, 0.717) is 11.3 Å². The lowest BCUT2D eigenvalue weighted by atomic mass is 10.0. The van der Waals surface area contributed by atoms with Gasteiger partial charge in [-0.15, -0.1) is 0 Å². The van der Waals surface area contributed by atoms with E-state index in [1.807, 2.05) is 0 Å². The molecule has 1 aromatic carbocycles. The van der Waals surface area contributed by atoms with Crippen molar-refractivity contribution in [3.63, 3.8) is 0 Å². The third-order valence-corrected chi connectivity index (χ3v) is 3.55. The average molecular weight is 263 g/mol. The second-order valence-electron chi connectivity index (χ2n) is 4.94. The summed E-state index contributed by atoms with van der Waals surface area (Å²) in [5, 5.41) is 10.6. The minimum absolute atomic E-state index is 0.0342. The molecule has 1 aromatic rings. The van der Waals surface area contributed by atoms with Crippen molar-refractivity contribution in [1.82, 2.24) is 0 Å². The molecule has 1 fully saturated rings. The number of non-ortho nitro benzene ring substituents is 1. The van der Waals surface area contributed by atoms with Crippen LogP contribution in [0.1, 0.15) is 31.2 Å². The number of ketones is 1. The number of aryl methyl sites for hydroxylation is 1. The average Bonchev–Trinajstić information content (AvgIpc) is 2.90. The van der Waals surface area contributed by atoms with Gasteiger partial charge in [-0.2, -0.15) is 0 Å². The predicted octanol–water partition coefficient (Wildman–Crippen LogP) is 3.04. The molecule has 5 heteroatoms. The van der Waals surface area contributed by atoms with Crippen LogP contribution in [0.2, 0.25) is 0 Å². The molecule has 19 heavy (non-hydrogen) atoms. The maximum Gasteiger partial charge on any atom is 0.269 e. The van der Waals surface area contributed by atoms with Gasteiger partial charge in [0.05, 0.1) is 4.92 Å². The fraction of sp³-hybridized carbons (Fsp3) is 0.500. The van der Waals surface area contributed by atoms with Gasteiger partial charge in [-0.05, 0) is 31.4 Å². The van der Waals surface area contributed by atoms with E-state index in [4.69, 9.17) is 4.74 Å². The van der Waals surface area contributed by atoms with Crippen LogP contribution in [0.3, 0.4) is 0 Å². The quantitative estimate of drug-likeness (QED) is 0.604. The Balaban J connectivity index is 1.95. The Bertz CT molecular complexity index is 492. The van der Waals surface area contributed by atoms with Gasteiger partial charge in [0.1, 0.15) is 12.4 Å². The van der Waals surface area contributed by atoms with Crippen LogP contribution in [0.5, 0.6) is 5.75 Å². The fourth-order valence-corrected chi connectivity index (χ4v) is 2.42. The van der Waals surface area contributed by atoms with Crippen LogP contribution < -0.4 is 4.74 Å². The van der Waals surface area contributed by atoms with E-state index in [1.54, 1.807) is 13.0 Å². The molecule has 5 nitrogen and oxygen atoms in total. The lowest BCUT2D eigenvalue weighted by Crippen LogP contribution is -2.19. The number of carbonyl (C=O) groups excluding carboxylic acids is 1. The first-order valence-corrected chi connectivity index (χ1v) is 6.48. The number of benzene rings is 1. The van der Waals surface area contributed by atoms with Gasteiger partial charge in [0, 0.05) is 18.1 Å². The third kappa shape index (κ3) is 3.30. The molecule has 2 rings (SSSR count).